The first-order valence-corrected chi connectivity index (χ1v) is 8.96. The lowest BCUT2D eigenvalue weighted by atomic mass is 10.0. The number of nitrogens with zero attached hydrogens (tertiary/aromatic N) is 3. The van der Waals surface area contributed by atoms with Gasteiger partial charge in [-0.2, -0.15) is 0 Å². The number of nitrogens with two attached hydrogens (primary N) is 1. The zero-order valence-electron chi connectivity index (χ0n) is 15.1. The van der Waals surface area contributed by atoms with Crippen LogP contribution >= 0.6 is 0 Å². The second-order valence-corrected chi connectivity index (χ2v) is 6.89. The summed E-state index contributed by atoms with van der Waals surface area (Å²) in [7, 11) is 0. The number of fused-ring (bicyclic) bond motifs is 1. The topological polar surface area (TPSA) is 67.1 Å². The van der Waals surface area contributed by atoms with E-state index in [1.165, 1.54) is 16.8 Å². The maximum atomic E-state index is 6.42. The second-order valence-electron chi connectivity index (χ2n) is 6.89. The highest BCUT2D eigenvalue weighted by Crippen LogP contribution is 2.38. The Bertz CT molecular complexity index is 918. The quantitative estimate of drug-likeness (QED) is 0.722. The largest absolute Gasteiger partial charge is 0.393 e. The van der Waals surface area contributed by atoms with E-state index in [0.29, 0.717) is 17.4 Å². The van der Waals surface area contributed by atoms with Gasteiger partial charge in [-0.15, -0.1) is 0 Å². The average Bonchev–Trinajstić information content (AvgIpc) is 3.08. The Morgan fingerprint density at radius 2 is 1.81 bits per heavy atom. The van der Waals surface area contributed by atoms with E-state index in [2.05, 4.69) is 76.5 Å². The van der Waals surface area contributed by atoms with Crippen LogP contribution in [-0.2, 0) is 6.42 Å². The third-order valence-corrected chi connectivity index (χ3v) is 4.85. The van der Waals surface area contributed by atoms with Crippen LogP contribution in [0.25, 0.3) is 0 Å². The van der Waals surface area contributed by atoms with E-state index >= 15 is 0 Å². The van der Waals surface area contributed by atoms with Crippen molar-refractivity contribution < 1.29 is 0 Å². The van der Waals surface area contributed by atoms with E-state index in [4.69, 9.17) is 5.73 Å². The van der Waals surface area contributed by atoms with E-state index in [1.807, 2.05) is 6.07 Å². The molecule has 0 saturated carbocycles. The first kappa shape index (κ1) is 16.4. The fraction of sp³-hybridized carbons (Fsp3) is 0.238. The number of aromatic nitrogens is 2. The van der Waals surface area contributed by atoms with Crippen LogP contribution in [0.1, 0.15) is 30.9 Å². The summed E-state index contributed by atoms with van der Waals surface area (Å²) >= 11 is 0. The van der Waals surface area contributed by atoms with Gasteiger partial charge in [0, 0.05) is 17.9 Å². The first-order chi connectivity index (χ1) is 12.6. The molecule has 0 atom stereocenters. The van der Waals surface area contributed by atoms with Crippen LogP contribution in [0.3, 0.4) is 0 Å². The minimum atomic E-state index is 0.509. The standard InChI is InChI=1S/C21H23N5/c1-14(2)15-7-9-17(10-8-15)25-20-19(22)21(24-13-23-20)26-12-11-16-5-3-4-6-18(16)26/h3-10,13-14H,11-12,22H2,1-2H3,(H,23,24,25). The molecule has 0 bridgehead atoms. The van der Waals surface area contributed by atoms with Crippen molar-refractivity contribution in [2.75, 3.05) is 22.5 Å². The lowest BCUT2D eigenvalue weighted by Crippen LogP contribution is -2.17. The van der Waals surface area contributed by atoms with Crippen molar-refractivity contribution >= 4 is 28.7 Å². The molecule has 0 aliphatic carbocycles. The number of hydrogen-bond acceptors (Lipinski definition) is 5. The predicted molar refractivity (Wildman–Crippen MR) is 107 cm³/mol. The van der Waals surface area contributed by atoms with E-state index in [-0.39, 0.29) is 0 Å². The van der Waals surface area contributed by atoms with Crippen molar-refractivity contribution in [2.45, 2.75) is 26.2 Å². The van der Waals surface area contributed by atoms with Gasteiger partial charge in [-0.3, -0.25) is 0 Å². The summed E-state index contributed by atoms with van der Waals surface area (Å²) < 4.78 is 0. The molecule has 3 N–H and O–H groups in total. The summed E-state index contributed by atoms with van der Waals surface area (Å²) in [5.41, 5.74) is 11.8. The fourth-order valence-corrected chi connectivity index (χ4v) is 3.35. The Morgan fingerprint density at radius 3 is 2.58 bits per heavy atom. The van der Waals surface area contributed by atoms with Crippen LogP contribution in [0.4, 0.5) is 28.7 Å². The smallest absolute Gasteiger partial charge is 0.161 e. The van der Waals surface area contributed by atoms with Gasteiger partial charge in [0.25, 0.3) is 0 Å². The van der Waals surface area contributed by atoms with Gasteiger partial charge in [0.1, 0.15) is 12.0 Å². The Labute approximate surface area is 153 Å². The minimum Gasteiger partial charge on any atom is -0.393 e. The molecule has 0 unspecified atom stereocenters. The van der Waals surface area contributed by atoms with Gasteiger partial charge in [-0.1, -0.05) is 44.2 Å². The molecular weight excluding hydrogens is 322 g/mol. The van der Waals surface area contributed by atoms with E-state index in [1.54, 1.807) is 6.33 Å². The highest BCUT2D eigenvalue weighted by Gasteiger charge is 2.23. The maximum Gasteiger partial charge on any atom is 0.161 e. The molecule has 5 heteroatoms. The molecule has 0 saturated heterocycles. The number of benzene rings is 2. The van der Waals surface area contributed by atoms with Gasteiger partial charge in [0.15, 0.2) is 11.6 Å². The summed E-state index contributed by atoms with van der Waals surface area (Å²) in [6, 6.07) is 16.8. The molecule has 0 amide bonds. The maximum absolute atomic E-state index is 6.42. The molecule has 132 valence electrons. The van der Waals surface area contributed by atoms with Crippen LogP contribution in [0.2, 0.25) is 0 Å². The van der Waals surface area contributed by atoms with Crippen LogP contribution in [0.5, 0.6) is 0 Å². The van der Waals surface area contributed by atoms with Crippen LogP contribution in [0.15, 0.2) is 54.9 Å². The normalized spacial score (nSPS) is 13.1. The molecule has 0 fully saturated rings. The third-order valence-electron chi connectivity index (χ3n) is 4.85. The Hall–Kier alpha value is -3.08. The molecule has 4 rings (SSSR count). The number of anilines is 5. The third kappa shape index (κ3) is 2.96. The second kappa shape index (κ2) is 6.67. The summed E-state index contributed by atoms with van der Waals surface area (Å²) in [5, 5.41) is 3.32. The number of para-hydroxylation sites is 1. The molecular formula is C21H23N5. The Balaban J connectivity index is 1.62. The van der Waals surface area contributed by atoms with Crippen LogP contribution in [0, 0.1) is 0 Å². The van der Waals surface area contributed by atoms with Gasteiger partial charge in [-0.25, -0.2) is 9.97 Å². The highest BCUT2D eigenvalue weighted by molar-refractivity contribution is 5.83. The fourth-order valence-electron chi connectivity index (χ4n) is 3.35. The lowest BCUT2D eigenvalue weighted by Gasteiger charge is -2.21. The summed E-state index contributed by atoms with van der Waals surface area (Å²) in [5.74, 6) is 1.90. The molecule has 0 spiro atoms. The van der Waals surface area contributed by atoms with Gasteiger partial charge < -0.3 is 16.0 Å². The summed E-state index contributed by atoms with van der Waals surface area (Å²) in [6.45, 7) is 5.25. The molecule has 0 radical (unpaired) electrons. The van der Waals surface area contributed by atoms with E-state index in [9.17, 15) is 0 Å². The molecule has 1 aromatic heterocycles. The number of nitrogens with one attached hydrogen (secondary N) is 1. The first-order valence-electron chi connectivity index (χ1n) is 8.96. The minimum absolute atomic E-state index is 0.509. The molecule has 1 aliphatic rings. The number of nitrogen functional groups attached to an aromatic ring is 1. The number of hydrogen-bond donors (Lipinski definition) is 2. The summed E-state index contributed by atoms with van der Waals surface area (Å²) in [6.07, 6.45) is 2.57. The van der Waals surface area contributed by atoms with E-state index < -0.39 is 0 Å². The van der Waals surface area contributed by atoms with Crippen molar-refractivity contribution in [2.24, 2.45) is 0 Å². The van der Waals surface area contributed by atoms with E-state index in [0.717, 1.165) is 24.5 Å². The van der Waals surface area contributed by atoms with Crippen molar-refractivity contribution in [3.8, 4) is 0 Å². The molecule has 2 heterocycles. The van der Waals surface area contributed by atoms with Crippen molar-refractivity contribution in [3.05, 3.63) is 66.0 Å². The molecule has 26 heavy (non-hydrogen) atoms. The van der Waals surface area contributed by atoms with Crippen molar-refractivity contribution in [3.63, 3.8) is 0 Å². The molecule has 2 aromatic carbocycles. The Morgan fingerprint density at radius 1 is 1.04 bits per heavy atom. The van der Waals surface area contributed by atoms with Gasteiger partial charge >= 0.3 is 0 Å². The molecule has 5 nitrogen and oxygen atoms in total. The van der Waals surface area contributed by atoms with Gasteiger partial charge in [0.2, 0.25) is 0 Å². The van der Waals surface area contributed by atoms with Crippen LogP contribution in [-0.4, -0.2) is 16.5 Å². The zero-order valence-corrected chi connectivity index (χ0v) is 15.1. The average molecular weight is 345 g/mol. The Kier molecular flexibility index (Phi) is 4.21. The lowest BCUT2D eigenvalue weighted by molar-refractivity contribution is 0.867. The van der Waals surface area contributed by atoms with Crippen LogP contribution < -0.4 is 16.0 Å². The predicted octanol–water partition coefficient (Wildman–Crippen LogP) is 4.62. The number of rotatable bonds is 4. The van der Waals surface area contributed by atoms with Gasteiger partial charge in [0.05, 0.1) is 0 Å². The molecule has 3 aromatic rings. The van der Waals surface area contributed by atoms with Crippen molar-refractivity contribution in [1.82, 2.24) is 9.97 Å². The SMILES string of the molecule is CC(C)c1ccc(Nc2ncnc(N3CCc4ccccc43)c2N)cc1. The van der Waals surface area contributed by atoms with Gasteiger partial charge in [-0.05, 0) is 41.7 Å². The zero-order chi connectivity index (χ0) is 18.1. The highest BCUT2D eigenvalue weighted by atomic mass is 15.2. The monoisotopic (exact) mass is 345 g/mol. The summed E-state index contributed by atoms with van der Waals surface area (Å²) in [4.78, 5) is 11.0. The van der Waals surface area contributed by atoms with Crippen molar-refractivity contribution in [1.29, 1.82) is 0 Å². The molecule has 1 aliphatic heterocycles.